The van der Waals surface area contributed by atoms with Gasteiger partial charge in [0.25, 0.3) is 6.02 Å². The Labute approximate surface area is 158 Å². The zero-order valence-corrected chi connectivity index (χ0v) is 15.2. The summed E-state index contributed by atoms with van der Waals surface area (Å²) in [4.78, 5) is 16.3. The van der Waals surface area contributed by atoms with E-state index in [1.807, 2.05) is 48.5 Å². The van der Waals surface area contributed by atoms with E-state index in [4.69, 9.17) is 22.1 Å². The number of nitrogens with one attached hydrogen (secondary N) is 1. The third-order valence-electron chi connectivity index (χ3n) is 4.32. The first-order valence-electron chi connectivity index (χ1n) is 8.68. The van der Waals surface area contributed by atoms with Gasteiger partial charge in [-0.1, -0.05) is 41.9 Å². The fourth-order valence-electron chi connectivity index (χ4n) is 2.84. The van der Waals surface area contributed by atoms with E-state index in [2.05, 4.69) is 10.3 Å². The Hall–Kier alpha value is -2.53. The topological polar surface area (TPSA) is 76.7 Å². The highest BCUT2D eigenvalue weighted by molar-refractivity contribution is 6.31. The maximum Gasteiger partial charge on any atom is 0.282 e. The van der Waals surface area contributed by atoms with Crippen LogP contribution in [-0.2, 0) is 22.4 Å². The molecule has 26 heavy (non-hydrogen) atoms. The minimum atomic E-state index is -0.0226. The van der Waals surface area contributed by atoms with Crippen molar-refractivity contribution in [2.24, 2.45) is 10.7 Å². The molecule has 0 radical (unpaired) electrons. The van der Waals surface area contributed by atoms with Gasteiger partial charge in [0.2, 0.25) is 5.91 Å². The fourth-order valence-corrected chi connectivity index (χ4v) is 3.08. The summed E-state index contributed by atoms with van der Waals surface area (Å²) in [6, 6.07) is 15.9. The first-order valence-corrected chi connectivity index (χ1v) is 9.06. The molecule has 136 valence electrons. The van der Waals surface area contributed by atoms with Crippen LogP contribution in [-0.4, -0.2) is 24.6 Å². The molecule has 0 saturated heterocycles. The molecule has 6 heteroatoms. The first kappa shape index (κ1) is 18.3. The number of amides is 1. The molecule has 0 spiro atoms. The van der Waals surface area contributed by atoms with E-state index in [-0.39, 0.29) is 18.0 Å². The predicted molar refractivity (Wildman–Crippen MR) is 105 cm³/mol. The molecule has 3 N–H and O–H groups in total. The molecule has 0 aliphatic carbocycles. The van der Waals surface area contributed by atoms with Crippen molar-refractivity contribution in [3.8, 4) is 0 Å². The lowest BCUT2D eigenvalue weighted by Crippen LogP contribution is -2.12. The average Bonchev–Trinajstić information content (AvgIpc) is 3.06. The molecule has 0 bridgehead atoms. The number of halogens is 1. The standard InChI is InChI=1S/C20H22ClN3O2/c21-18-4-2-1-3-15(18)8-12-19(25)23-16-9-5-14(6-10-16)7-11-17-13-26-20(22)24-17/h1-6,9-10,17H,7-8,11-13H2,(H2,22,24)(H,23,25)/t17-/m0/s1. The second kappa shape index (κ2) is 8.72. The minimum absolute atomic E-state index is 0.0226. The zero-order valence-electron chi connectivity index (χ0n) is 14.5. The Kier molecular flexibility index (Phi) is 6.12. The molecule has 1 aliphatic heterocycles. The van der Waals surface area contributed by atoms with E-state index in [0.717, 1.165) is 24.1 Å². The summed E-state index contributed by atoms with van der Waals surface area (Å²) in [5, 5.41) is 3.62. The lowest BCUT2D eigenvalue weighted by Gasteiger charge is -2.08. The van der Waals surface area contributed by atoms with Crippen LogP contribution < -0.4 is 11.1 Å². The Morgan fingerprint density at radius 2 is 1.96 bits per heavy atom. The van der Waals surface area contributed by atoms with Crippen LogP contribution in [0.15, 0.2) is 53.5 Å². The number of benzene rings is 2. The van der Waals surface area contributed by atoms with Crippen LogP contribution in [0.25, 0.3) is 0 Å². The number of ether oxygens (including phenoxy) is 1. The molecule has 2 aromatic carbocycles. The van der Waals surface area contributed by atoms with E-state index in [1.54, 1.807) is 0 Å². The van der Waals surface area contributed by atoms with Gasteiger partial charge < -0.3 is 15.8 Å². The quantitative estimate of drug-likeness (QED) is 0.781. The second-order valence-electron chi connectivity index (χ2n) is 6.31. The highest BCUT2D eigenvalue weighted by atomic mass is 35.5. The molecule has 1 aliphatic rings. The number of nitrogens with zero attached hydrogens (tertiary/aromatic N) is 1. The lowest BCUT2D eigenvalue weighted by atomic mass is 10.1. The van der Waals surface area contributed by atoms with E-state index in [9.17, 15) is 4.79 Å². The van der Waals surface area contributed by atoms with Gasteiger partial charge in [-0.2, -0.15) is 0 Å². The normalized spacial score (nSPS) is 16.0. The number of nitrogens with two attached hydrogens (primary N) is 1. The van der Waals surface area contributed by atoms with E-state index in [0.29, 0.717) is 24.5 Å². The van der Waals surface area contributed by atoms with Gasteiger partial charge in [0.1, 0.15) is 6.61 Å². The predicted octanol–water partition coefficient (Wildman–Crippen LogP) is 3.56. The minimum Gasteiger partial charge on any atom is -0.463 e. The second-order valence-corrected chi connectivity index (χ2v) is 6.71. The number of anilines is 1. The average molecular weight is 372 g/mol. The number of carbonyl (C=O) groups excluding carboxylic acids is 1. The summed E-state index contributed by atoms with van der Waals surface area (Å²) in [5.41, 5.74) is 8.49. The van der Waals surface area contributed by atoms with Crippen molar-refractivity contribution >= 4 is 29.2 Å². The van der Waals surface area contributed by atoms with Crippen LogP contribution in [0.3, 0.4) is 0 Å². The van der Waals surface area contributed by atoms with Gasteiger partial charge >= 0.3 is 0 Å². The van der Waals surface area contributed by atoms with Gasteiger partial charge in [0, 0.05) is 17.1 Å². The molecular formula is C20H22ClN3O2. The zero-order chi connectivity index (χ0) is 18.4. The van der Waals surface area contributed by atoms with Crippen LogP contribution >= 0.6 is 11.6 Å². The molecule has 5 nitrogen and oxygen atoms in total. The molecule has 0 unspecified atom stereocenters. The molecule has 0 saturated carbocycles. The molecule has 1 heterocycles. The van der Waals surface area contributed by atoms with Gasteiger partial charge in [0.15, 0.2) is 0 Å². The number of aryl methyl sites for hydroxylation is 2. The SMILES string of the molecule is NC1=N[C@@H](CCc2ccc(NC(=O)CCc3ccccc3Cl)cc2)CO1. The van der Waals surface area contributed by atoms with Crippen molar-refractivity contribution in [1.82, 2.24) is 0 Å². The van der Waals surface area contributed by atoms with Gasteiger partial charge in [-0.3, -0.25) is 4.79 Å². The Bertz CT molecular complexity index is 790. The number of hydrogen-bond donors (Lipinski definition) is 2. The maximum atomic E-state index is 12.1. The molecule has 2 aromatic rings. The number of aliphatic imine (C=N–C) groups is 1. The molecule has 1 amide bonds. The van der Waals surface area contributed by atoms with Crippen molar-refractivity contribution in [2.45, 2.75) is 31.7 Å². The van der Waals surface area contributed by atoms with Crippen LogP contribution in [0, 0.1) is 0 Å². The number of hydrogen-bond acceptors (Lipinski definition) is 4. The highest BCUT2D eigenvalue weighted by Gasteiger charge is 2.16. The largest absolute Gasteiger partial charge is 0.463 e. The summed E-state index contributed by atoms with van der Waals surface area (Å²) < 4.78 is 5.15. The number of rotatable bonds is 7. The smallest absolute Gasteiger partial charge is 0.282 e. The van der Waals surface area contributed by atoms with Crippen molar-refractivity contribution in [3.05, 3.63) is 64.7 Å². The summed E-state index contributed by atoms with van der Waals surface area (Å²) in [7, 11) is 0. The van der Waals surface area contributed by atoms with Gasteiger partial charge in [-0.25, -0.2) is 4.99 Å². The Morgan fingerprint density at radius 1 is 1.19 bits per heavy atom. The van der Waals surface area contributed by atoms with Crippen molar-refractivity contribution in [1.29, 1.82) is 0 Å². The molecular weight excluding hydrogens is 350 g/mol. The molecule has 3 rings (SSSR count). The molecule has 1 atom stereocenters. The lowest BCUT2D eigenvalue weighted by molar-refractivity contribution is -0.116. The van der Waals surface area contributed by atoms with Gasteiger partial charge in [-0.05, 0) is 48.6 Å². The van der Waals surface area contributed by atoms with Gasteiger partial charge in [0.05, 0.1) is 6.04 Å². The van der Waals surface area contributed by atoms with E-state index >= 15 is 0 Å². The van der Waals surface area contributed by atoms with Gasteiger partial charge in [-0.15, -0.1) is 0 Å². The van der Waals surface area contributed by atoms with Crippen LogP contribution in [0.5, 0.6) is 0 Å². The monoisotopic (exact) mass is 371 g/mol. The number of carbonyl (C=O) groups is 1. The fraction of sp³-hybridized carbons (Fsp3) is 0.300. The Balaban J connectivity index is 1.44. The molecule has 0 fully saturated rings. The van der Waals surface area contributed by atoms with E-state index in [1.165, 1.54) is 5.56 Å². The summed E-state index contributed by atoms with van der Waals surface area (Å²) >= 11 is 6.12. The van der Waals surface area contributed by atoms with Crippen molar-refractivity contribution < 1.29 is 9.53 Å². The van der Waals surface area contributed by atoms with Crippen molar-refractivity contribution in [2.75, 3.05) is 11.9 Å². The third kappa shape index (κ3) is 5.23. The van der Waals surface area contributed by atoms with Crippen LogP contribution in [0.1, 0.15) is 24.0 Å². The van der Waals surface area contributed by atoms with Crippen LogP contribution in [0.4, 0.5) is 5.69 Å². The number of amidine groups is 1. The van der Waals surface area contributed by atoms with Crippen molar-refractivity contribution in [3.63, 3.8) is 0 Å². The summed E-state index contributed by atoms with van der Waals surface area (Å²) in [5.74, 6) is -0.0226. The maximum absolute atomic E-state index is 12.1. The Morgan fingerprint density at radius 3 is 2.65 bits per heavy atom. The molecule has 0 aromatic heterocycles. The third-order valence-corrected chi connectivity index (χ3v) is 4.69. The van der Waals surface area contributed by atoms with Crippen LogP contribution in [0.2, 0.25) is 5.02 Å². The first-order chi connectivity index (χ1) is 12.6. The summed E-state index contributed by atoms with van der Waals surface area (Å²) in [6.07, 6.45) is 2.80. The highest BCUT2D eigenvalue weighted by Crippen LogP contribution is 2.18. The van der Waals surface area contributed by atoms with E-state index < -0.39 is 0 Å². The summed E-state index contributed by atoms with van der Waals surface area (Å²) in [6.45, 7) is 0.561.